The van der Waals surface area contributed by atoms with Gasteiger partial charge < -0.3 is 15.2 Å². The number of anilines is 1. The lowest BCUT2D eigenvalue weighted by molar-refractivity contribution is -0.119. The quantitative estimate of drug-likeness (QED) is 0.767. The van der Waals surface area contributed by atoms with E-state index in [9.17, 15) is 4.79 Å². The highest BCUT2D eigenvalue weighted by Crippen LogP contribution is 2.13. The number of carbonyl (C=O) groups excluding carboxylic acids is 1. The molecule has 0 spiro atoms. The Morgan fingerprint density at radius 3 is 2.71 bits per heavy atom. The standard InChI is InChI=1S/C11H19N5O/c1-2-15-4-3-13-11(15)16-7-5-14(6-8-16)9-10(12)17/h3-4H,2,5-9H2,1H3,(H2,12,17). The monoisotopic (exact) mass is 237 g/mol. The maximum Gasteiger partial charge on any atom is 0.231 e. The molecule has 0 unspecified atom stereocenters. The second-order valence-corrected chi connectivity index (χ2v) is 4.24. The molecule has 17 heavy (non-hydrogen) atoms. The molecule has 1 fully saturated rings. The van der Waals surface area contributed by atoms with Crippen LogP contribution in [0.1, 0.15) is 6.92 Å². The van der Waals surface area contributed by atoms with Crippen LogP contribution in [-0.2, 0) is 11.3 Å². The lowest BCUT2D eigenvalue weighted by Gasteiger charge is -2.34. The Bertz CT molecular complexity index is 381. The number of rotatable bonds is 4. The number of nitrogens with zero attached hydrogens (tertiary/aromatic N) is 4. The lowest BCUT2D eigenvalue weighted by Crippen LogP contribution is -2.49. The van der Waals surface area contributed by atoms with Crippen LogP contribution in [-0.4, -0.2) is 53.1 Å². The Morgan fingerprint density at radius 1 is 1.41 bits per heavy atom. The van der Waals surface area contributed by atoms with Crippen LogP contribution in [0.15, 0.2) is 12.4 Å². The number of amides is 1. The van der Waals surface area contributed by atoms with Crippen molar-refractivity contribution in [3.05, 3.63) is 12.4 Å². The van der Waals surface area contributed by atoms with E-state index in [1.165, 1.54) is 0 Å². The van der Waals surface area contributed by atoms with Crippen LogP contribution in [0.2, 0.25) is 0 Å². The highest BCUT2D eigenvalue weighted by Gasteiger charge is 2.20. The number of aryl methyl sites for hydroxylation is 1. The first kappa shape index (κ1) is 11.9. The van der Waals surface area contributed by atoms with Gasteiger partial charge in [0.05, 0.1) is 6.54 Å². The number of nitrogens with two attached hydrogens (primary N) is 1. The van der Waals surface area contributed by atoms with Gasteiger partial charge in [-0.15, -0.1) is 0 Å². The molecule has 6 nitrogen and oxygen atoms in total. The summed E-state index contributed by atoms with van der Waals surface area (Å²) in [4.78, 5) is 19.5. The van der Waals surface area contributed by atoms with Crippen molar-refractivity contribution in [3.8, 4) is 0 Å². The molecule has 1 aromatic rings. The minimum atomic E-state index is -0.256. The van der Waals surface area contributed by atoms with E-state index in [2.05, 4.69) is 26.3 Å². The van der Waals surface area contributed by atoms with Crippen LogP contribution in [0.3, 0.4) is 0 Å². The van der Waals surface area contributed by atoms with E-state index >= 15 is 0 Å². The highest BCUT2D eigenvalue weighted by atomic mass is 16.1. The van der Waals surface area contributed by atoms with Gasteiger partial charge in [-0.1, -0.05) is 0 Å². The first-order valence-electron chi connectivity index (χ1n) is 5.97. The maximum atomic E-state index is 10.8. The molecule has 0 aliphatic carbocycles. The Kier molecular flexibility index (Phi) is 3.63. The Morgan fingerprint density at radius 2 is 2.12 bits per heavy atom. The summed E-state index contributed by atoms with van der Waals surface area (Å²) in [6.07, 6.45) is 3.82. The summed E-state index contributed by atoms with van der Waals surface area (Å²) >= 11 is 0. The average Bonchev–Trinajstić information content (AvgIpc) is 2.77. The van der Waals surface area contributed by atoms with E-state index in [1.807, 2.05) is 12.4 Å². The fourth-order valence-electron chi connectivity index (χ4n) is 2.16. The largest absolute Gasteiger partial charge is 0.369 e. The molecule has 1 aliphatic heterocycles. The van der Waals surface area contributed by atoms with E-state index in [0.717, 1.165) is 38.7 Å². The normalized spacial score (nSPS) is 17.4. The summed E-state index contributed by atoms with van der Waals surface area (Å²) in [6.45, 7) is 6.90. The number of hydrogen-bond donors (Lipinski definition) is 1. The molecule has 1 aliphatic rings. The zero-order chi connectivity index (χ0) is 12.3. The second-order valence-electron chi connectivity index (χ2n) is 4.24. The zero-order valence-electron chi connectivity index (χ0n) is 10.2. The summed E-state index contributed by atoms with van der Waals surface area (Å²) in [5, 5.41) is 0. The van der Waals surface area contributed by atoms with Gasteiger partial charge in [-0.2, -0.15) is 0 Å². The molecule has 0 atom stereocenters. The fraction of sp³-hybridized carbons (Fsp3) is 0.636. The van der Waals surface area contributed by atoms with Crippen LogP contribution in [0, 0.1) is 0 Å². The first-order chi connectivity index (χ1) is 8.20. The smallest absolute Gasteiger partial charge is 0.231 e. The third kappa shape index (κ3) is 2.76. The molecule has 0 aromatic carbocycles. The molecule has 94 valence electrons. The predicted octanol–water partition coefficient (Wildman–Crippen LogP) is -0.490. The molecule has 2 N–H and O–H groups in total. The van der Waals surface area contributed by atoms with Crippen LogP contribution < -0.4 is 10.6 Å². The van der Waals surface area contributed by atoms with Crippen LogP contribution in [0.5, 0.6) is 0 Å². The van der Waals surface area contributed by atoms with E-state index in [4.69, 9.17) is 5.73 Å². The molecule has 1 amide bonds. The van der Waals surface area contributed by atoms with Gasteiger partial charge in [0.15, 0.2) is 0 Å². The molecule has 2 heterocycles. The third-order valence-corrected chi connectivity index (χ3v) is 3.07. The molecule has 1 aromatic heterocycles. The van der Waals surface area contributed by atoms with Crippen molar-refractivity contribution in [2.24, 2.45) is 5.73 Å². The molecule has 0 bridgehead atoms. The van der Waals surface area contributed by atoms with Crippen molar-refractivity contribution in [2.75, 3.05) is 37.6 Å². The van der Waals surface area contributed by atoms with Gasteiger partial charge >= 0.3 is 0 Å². The number of primary amides is 1. The van der Waals surface area contributed by atoms with Gasteiger partial charge in [0.25, 0.3) is 0 Å². The molecule has 1 saturated heterocycles. The van der Waals surface area contributed by atoms with Crippen molar-refractivity contribution < 1.29 is 4.79 Å². The number of aromatic nitrogens is 2. The van der Waals surface area contributed by atoms with Gasteiger partial charge in [-0.05, 0) is 6.92 Å². The van der Waals surface area contributed by atoms with Crippen LogP contribution in [0.4, 0.5) is 5.95 Å². The van der Waals surface area contributed by atoms with Gasteiger partial charge in [0.1, 0.15) is 0 Å². The number of hydrogen-bond acceptors (Lipinski definition) is 4. The van der Waals surface area contributed by atoms with Crippen molar-refractivity contribution in [1.82, 2.24) is 14.5 Å². The van der Waals surface area contributed by atoms with Crippen molar-refractivity contribution in [2.45, 2.75) is 13.5 Å². The Balaban J connectivity index is 1.93. The predicted molar refractivity (Wildman–Crippen MR) is 65.7 cm³/mol. The first-order valence-corrected chi connectivity index (χ1v) is 5.97. The van der Waals surface area contributed by atoms with Gasteiger partial charge in [-0.3, -0.25) is 9.69 Å². The SMILES string of the molecule is CCn1ccnc1N1CCN(CC(N)=O)CC1. The fourth-order valence-corrected chi connectivity index (χ4v) is 2.16. The van der Waals surface area contributed by atoms with Gasteiger partial charge in [-0.25, -0.2) is 4.98 Å². The van der Waals surface area contributed by atoms with Gasteiger partial charge in [0.2, 0.25) is 11.9 Å². The molecule has 6 heteroatoms. The van der Waals surface area contributed by atoms with E-state index in [-0.39, 0.29) is 5.91 Å². The van der Waals surface area contributed by atoms with Crippen LogP contribution in [0.25, 0.3) is 0 Å². The van der Waals surface area contributed by atoms with Crippen molar-refractivity contribution in [1.29, 1.82) is 0 Å². The zero-order valence-corrected chi connectivity index (χ0v) is 10.2. The molecule has 0 radical (unpaired) electrons. The van der Waals surface area contributed by atoms with Crippen molar-refractivity contribution >= 4 is 11.9 Å². The molecule has 0 saturated carbocycles. The number of carbonyl (C=O) groups is 1. The Hall–Kier alpha value is -1.56. The highest BCUT2D eigenvalue weighted by molar-refractivity contribution is 5.75. The average molecular weight is 237 g/mol. The summed E-state index contributed by atoms with van der Waals surface area (Å²) in [5.74, 6) is 0.764. The molecule has 2 rings (SSSR count). The minimum absolute atomic E-state index is 0.256. The molecular formula is C11H19N5O. The number of piperazine rings is 1. The summed E-state index contributed by atoms with van der Waals surface area (Å²) < 4.78 is 2.13. The minimum Gasteiger partial charge on any atom is -0.369 e. The molecular weight excluding hydrogens is 218 g/mol. The second kappa shape index (κ2) is 5.18. The van der Waals surface area contributed by atoms with E-state index in [0.29, 0.717) is 6.54 Å². The van der Waals surface area contributed by atoms with Gasteiger partial charge in [0, 0.05) is 45.1 Å². The number of imidazole rings is 1. The lowest BCUT2D eigenvalue weighted by atomic mass is 10.3. The topological polar surface area (TPSA) is 67.4 Å². The van der Waals surface area contributed by atoms with Crippen LogP contribution >= 0.6 is 0 Å². The Labute approximate surface area is 101 Å². The summed E-state index contributed by atoms with van der Waals surface area (Å²) in [6, 6.07) is 0. The third-order valence-electron chi connectivity index (χ3n) is 3.07. The summed E-state index contributed by atoms with van der Waals surface area (Å²) in [7, 11) is 0. The summed E-state index contributed by atoms with van der Waals surface area (Å²) in [5.41, 5.74) is 5.19. The van der Waals surface area contributed by atoms with Crippen molar-refractivity contribution in [3.63, 3.8) is 0 Å². The maximum absolute atomic E-state index is 10.8. The van der Waals surface area contributed by atoms with E-state index < -0.39 is 0 Å². The van der Waals surface area contributed by atoms with E-state index in [1.54, 1.807) is 0 Å².